The molecule has 1 aliphatic heterocycles. The van der Waals surface area contributed by atoms with Crippen molar-refractivity contribution in [3.05, 3.63) is 0 Å². The topological polar surface area (TPSA) is 71.0 Å². The molecule has 84 valence electrons. The number of hydrogen-bond acceptors (Lipinski definition) is 5. The number of esters is 1. The molecule has 1 amide bonds. The van der Waals surface area contributed by atoms with Crippen molar-refractivity contribution < 1.29 is 14.3 Å². The van der Waals surface area contributed by atoms with E-state index in [0.717, 1.165) is 0 Å². The summed E-state index contributed by atoms with van der Waals surface area (Å²) in [6, 6.07) is 0. The normalized spacial score (nSPS) is 19.8. The van der Waals surface area contributed by atoms with Crippen molar-refractivity contribution in [2.24, 2.45) is 4.99 Å². The number of aliphatic imine (C=N–C) groups is 1. The van der Waals surface area contributed by atoms with E-state index in [9.17, 15) is 9.59 Å². The highest BCUT2D eigenvalue weighted by molar-refractivity contribution is 6.35. The van der Waals surface area contributed by atoms with Gasteiger partial charge in [0.25, 0.3) is 0 Å². The van der Waals surface area contributed by atoms with E-state index in [0.29, 0.717) is 13.2 Å². The summed E-state index contributed by atoms with van der Waals surface area (Å²) in [6.45, 7) is 3.96. The summed E-state index contributed by atoms with van der Waals surface area (Å²) in [7, 11) is 1.73. The van der Waals surface area contributed by atoms with Crippen LogP contribution in [-0.4, -0.2) is 49.0 Å². The second-order valence-corrected chi connectivity index (χ2v) is 3.27. The van der Waals surface area contributed by atoms with Gasteiger partial charge in [0, 0.05) is 14.0 Å². The van der Waals surface area contributed by atoms with Crippen LogP contribution in [0.15, 0.2) is 4.99 Å². The number of likely N-dealkylation sites (N-methyl/N-ethyl adjacent to an activating group) is 1. The molecule has 0 aliphatic carbocycles. The van der Waals surface area contributed by atoms with Crippen molar-refractivity contribution in [1.82, 2.24) is 10.2 Å². The fourth-order valence-electron chi connectivity index (χ4n) is 1.35. The van der Waals surface area contributed by atoms with E-state index >= 15 is 0 Å². The highest BCUT2D eigenvalue weighted by atomic mass is 16.5. The SMILES string of the molecule is CCOC(=O)C1=NC(NC(C)=O)CN1C. The van der Waals surface area contributed by atoms with Crippen LogP contribution < -0.4 is 5.32 Å². The van der Waals surface area contributed by atoms with Gasteiger partial charge in [-0.15, -0.1) is 0 Å². The van der Waals surface area contributed by atoms with Crippen LogP contribution in [0, 0.1) is 0 Å². The summed E-state index contributed by atoms with van der Waals surface area (Å²) in [5, 5.41) is 2.62. The first-order valence-corrected chi connectivity index (χ1v) is 4.77. The molecule has 0 aromatic carbocycles. The molecule has 1 unspecified atom stereocenters. The lowest BCUT2D eigenvalue weighted by atomic mass is 10.4. The Labute approximate surface area is 88.3 Å². The number of amidine groups is 1. The highest BCUT2D eigenvalue weighted by Gasteiger charge is 2.28. The lowest BCUT2D eigenvalue weighted by molar-refractivity contribution is -0.135. The summed E-state index contributed by atoms with van der Waals surface area (Å²) < 4.78 is 4.83. The Bertz CT molecular complexity index is 301. The van der Waals surface area contributed by atoms with Crippen LogP contribution in [0.4, 0.5) is 0 Å². The number of carbonyl (C=O) groups is 2. The number of carbonyl (C=O) groups excluding carboxylic acids is 2. The number of nitrogens with one attached hydrogen (secondary N) is 1. The molecule has 0 bridgehead atoms. The third kappa shape index (κ3) is 2.93. The lowest BCUT2D eigenvalue weighted by Crippen LogP contribution is -2.36. The first kappa shape index (κ1) is 11.5. The summed E-state index contributed by atoms with van der Waals surface area (Å²) >= 11 is 0. The van der Waals surface area contributed by atoms with Gasteiger partial charge in [0.15, 0.2) is 0 Å². The van der Waals surface area contributed by atoms with Gasteiger partial charge in [0.1, 0.15) is 6.17 Å². The Morgan fingerprint density at radius 2 is 2.33 bits per heavy atom. The van der Waals surface area contributed by atoms with Crippen LogP contribution in [0.5, 0.6) is 0 Å². The summed E-state index contributed by atoms with van der Waals surface area (Å²) in [5.74, 6) is -0.356. The van der Waals surface area contributed by atoms with Crippen molar-refractivity contribution in [2.75, 3.05) is 20.2 Å². The molecule has 1 heterocycles. The number of ether oxygens (including phenoxy) is 1. The predicted octanol–water partition coefficient (Wildman–Crippen LogP) is -0.644. The minimum absolute atomic E-state index is 0.165. The van der Waals surface area contributed by atoms with Crippen LogP contribution >= 0.6 is 0 Å². The van der Waals surface area contributed by atoms with E-state index in [1.54, 1.807) is 18.9 Å². The van der Waals surface area contributed by atoms with Crippen molar-refractivity contribution in [1.29, 1.82) is 0 Å². The van der Waals surface area contributed by atoms with Gasteiger partial charge in [-0.3, -0.25) is 4.79 Å². The third-order valence-electron chi connectivity index (χ3n) is 1.91. The van der Waals surface area contributed by atoms with E-state index in [2.05, 4.69) is 10.3 Å². The predicted molar refractivity (Wildman–Crippen MR) is 54.3 cm³/mol. The molecule has 6 heteroatoms. The summed E-state index contributed by atoms with van der Waals surface area (Å²) in [4.78, 5) is 27.9. The fraction of sp³-hybridized carbons (Fsp3) is 0.667. The van der Waals surface area contributed by atoms with Crippen molar-refractivity contribution in [3.63, 3.8) is 0 Å². The number of nitrogens with zero attached hydrogens (tertiary/aromatic N) is 2. The standard InChI is InChI=1S/C9H15N3O3/c1-4-15-9(14)8-11-7(5-12(8)3)10-6(2)13/h7H,4-5H2,1-3H3,(H,10,13). The Kier molecular flexibility index (Phi) is 3.65. The molecule has 0 spiro atoms. The van der Waals surface area contributed by atoms with Gasteiger partial charge in [-0.1, -0.05) is 0 Å². The quantitative estimate of drug-likeness (QED) is 0.633. The molecule has 6 nitrogen and oxygen atoms in total. The van der Waals surface area contributed by atoms with Crippen molar-refractivity contribution in [3.8, 4) is 0 Å². The minimum atomic E-state index is -0.451. The fourth-order valence-corrected chi connectivity index (χ4v) is 1.35. The van der Waals surface area contributed by atoms with E-state index in [4.69, 9.17) is 4.74 Å². The average molecular weight is 213 g/mol. The van der Waals surface area contributed by atoms with Crippen molar-refractivity contribution in [2.45, 2.75) is 20.0 Å². The van der Waals surface area contributed by atoms with Gasteiger partial charge in [0.2, 0.25) is 11.7 Å². The highest BCUT2D eigenvalue weighted by Crippen LogP contribution is 2.06. The number of rotatable bonds is 3. The van der Waals surface area contributed by atoms with Crippen LogP contribution in [0.25, 0.3) is 0 Å². The second kappa shape index (κ2) is 4.77. The second-order valence-electron chi connectivity index (χ2n) is 3.27. The molecule has 0 saturated heterocycles. The smallest absolute Gasteiger partial charge is 0.373 e. The maximum atomic E-state index is 11.4. The number of hydrogen-bond donors (Lipinski definition) is 1. The molecule has 0 radical (unpaired) electrons. The molecule has 0 aromatic rings. The van der Waals surface area contributed by atoms with Gasteiger partial charge in [0.05, 0.1) is 13.2 Å². The summed E-state index contributed by atoms with van der Waals surface area (Å²) in [6.07, 6.45) is -0.355. The van der Waals surface area contributed by atoms with Crippen LogP contribution in [0.1, 0.15) is 13.8 Å². The maximum absolute atomic E-state index is 11.4. The molecular formula is C9H15N3O3. The molecular weight excluding hydrogens is 198 g/mol. The summed E-state index contributed by atoms with van der Waals surface area (Å²) in [5.41, 5.74) is 0. The van der Waals surface area contributed by atoms with Gasteiger partial charge in [-0.05, 0) is 6.92 Å². The molecule has 0 aromatic heterocycles. The average Bonchev–Trinajstić information content (AvgIpc) is 2.46. The van der Waals surface area contributed by atoms with E-state index in [1.807, 2.05) is 0 Å². The van der Waals surface area contributed by atoms with Gasteiger partial charge in [-0.2, -0.15) is 0 Å². The molecule has 1 atom stereocenters. The Morgan fingerprint density at radius 1 is 1.67 bits per heavy atom. The van der Waals surface area contributed by atoms with E-state index in [-0.39, 0.29) is 17.9 Å². The first-order valence-electron chi connectivity index (χ1n) is 4.77. The molecule has 1 aliphatic rings. The molecule has 0 saturated carbocycles. The van der Waals surface area contributed by atoms with Crippen LogP contribution in [0.2, 0.25) is 0 Å². The van der Waals surface area contributed by atoms with Crippen molar-refractivity contribution >= 4 is 17.7 Å². The molecule has 15 heavy (non-hydrogen) atoms. The largest absolute Gasteiger partial charge is 0.460 e. The van der Waals surface area contributed by atoms with Gasteiger partial charge >= 0.3 is 5.97 Å². The molecule has 0 fully saturated rings. The van der Waals surface area contributed by atoms with E-state index < -0.39 is 5.97 Å². The minimum Gasteiger partial charge on any atom is -0.460 e. The Morgan fingerprint density at radius 3 is 2.87 bits per heavy atom. The zero-order valence-corrected chi connectivity index (χ0v) is 9.11. The van der Waals surface area contributed by atoms with Crippen LogP contribution in [-0.2, 0) is 14.3 Å². The maximum Gasteiger partial charge on any atom is 0.373 e. The zero-order chi connectivity index (χ0) is 11.4. The molecule has 1 rings (SSSR count). The zero-order valence-electron chi connectivity index (χ0n) is 9.11. The van der Waals surface area contributed by atoms with Crippen LogP contribution in [0.3, 0.4) is 0 Å². The van der Waals surface area contributed by atoms with Gasteiger partial charge < -0.3 is 15.0 Å². The Hall–Kier alpha value is -1.59. The van der Waals surface area contributed by atoms with E-state index in [1.165, 1.54) is 6.92 Å². The third-order valence-corrected chi connectivity index (χ3v) is 1.91. The molecule has 1 N–H and O–H groups in total. The number of amides is 1. The Balaban J connectivity index is 2.63. The first-order chi connectivity index (χ1) is 7.04. The monoisotopic (exact) mass is 213 g/mol. The van der Waals surface area contributed by atoms with Gasteiger partial charge in [-0.25, -0.2) is 9.79 Å². The lowest BCUT2D eigenvalue weighted by Gasteiger charge is -2.13.